The highest BCUT2D eigenvalue weighted by Gasteiger charge is 2.36. The van der Waals surface area contributed by atoms with E-state index < -0.39 is 6.10 Å². The molecule has 1 aliphatic heterocycles. The molecule has 1 fully saturated rings. The first-order valence-electron chi connectivity index (χ1n) is 8.36. The summed E-state index contributed by atoms with van der Waals surface area (Å²) in [4.78, 5) is 7.17. The van der Waals surface area contributed by atoms with Crippen LogP contribution in [0.1, 0.15) is 5.82 Å². The summed E-state index contributed by atoms with van der Waals surface area (Å²) in [5.74, 6) is 0.471. The van der Waals surface area contributed by atoms with Gasteiger partial charge in [-0.05, 0) is 12.1 Å². The van der Waals surface area contributed by atoms with Crippen LogP contribution in [0.15, 0.2) is 42.9 Å². The molecule has 2 aromatic heterocycles. The van der Waals surface area contributed by atoms with Crippen LogP contribution >= 0.6 is 0 Å². The van der Waals surface area contributed by atoms with Crippen molar-refractivity contribution in [1.29, 1.82) is 0 Å². The molecule has 0 radical (unpaired) electrons. The third-order valence-electron chi connectivity index (χ3n) is 4.38. The Hall–Kier alpha value is -2.62. The van der Waals surface area contributed by atoms with Crippen LogP contribution in [0.5, 0.6) is 0 Å². The number of rotatable bonds is 6. The van der Waals surface area contributed by atoms with Crippen LogP contribution in [-0.2, 0) is 17.8 Å². The number of hydrogen-bond donors (Lipinski definition) is 3. The molecule has 0 amide bonds. The summed E-state index contributed by atoms with van der Waals surface area (Å²) in [6, 6.07) is 5.96. The van der Waals surface area contributed by atoms with E-state index in [4.69, 9.17) is 4.74 Å². The Kier molecular flexibility index (Phi) is 4.74. The van der Waals surface area contributed by atoms with Gasteiger partial charge in [-0.25, -0.2) is 14.1 Å². The van der Waals surface area contributed by atoms with E-state index in [0.717, 1.165) is 5.82 Å². The number of aliphatic hydroxyl groups is 1. The number of nitrogens with one attached hydrogen (secondary N) is 2. The molecule has 9 heteroatoms. The number of hydrogen-bond acceptors (Lipinski definition) is 6. The highest BCUT2D eigenvalue weighted by atomic mass is 19.1. The lowest BCUT2D eigenvalue weighted by Crippen LogP contribution is -2.45. The Morgan fingerprint density at radius 1 is 1.42 bits per heavy atom. The molecule has 3 heterocycles. The quantitative estimate of drug-likeness (QED) is 0.600. The van der Waals surface area contributed by atoms with Crippen LogP contribution < -0.4 is 5.32 Å². The Morgan fingerprint density at radius 3 is 3.15 bits per heavy atom. The van der Waals surface area contributed by atoms with Crippen molar-refractivity contribution in [2.24, 2.45) is 0 Å². The van der Waals surface area contributed by atoms with E-state index in [1.807, 2.05) is 0 Å². The van der Waals surface area contributed by atoms with Crippen LogP contribution in [0.25, 0.3) is 11.3 Å². The van der Waals surface area contributed by atoms with Crippen LogP contribution in [0.3, 0.4) is 0 Å². The van der Waals surface area contributed by atoms with E-state index in [0.29, 0.717) is 24.3 Å². The largest absolute Gasteiger partial charge is 0.389 e. The van der Waals surface area contributed by atoms with Gasteiger partial charge in [-0.3, -0.25) is 0 Å². The second-order valence-corrected chi connectivity index (χ2v) is 6.22. The molecular formula is C17H19FN6O2. The Balaban J connectivity index is 1.42. The Morgan fingerprint density at radius 2 is 2.35 bits per heavy atom. The molecule has 26 heavy (non-hydrogen) atoms. The predicted molar refractivity (Wildman–Crippen MR) is 90.4 cm³/mol. The number of halogens is 1. The molecule has 0 bridgehead atoms. The molecule has 136 valence electrons. The van der Waals surface area contributed by atoms with Crippen molar-refractivity contribution in [3.05, 3.63) is 54.5 Å². The van der Waals surface area contributed by atoms with Crippen LogP contribution in [0.4, 0.5) is 4.39 Å². The van der Waals surface area contributed by atoms with E-state index in [2.05, 4.69) is 25.6 Å². The minimum Gasteiger partial charge on any atom is -0.389 e. The first kappa shape index (κ1) is 16.8. The van der Waals surface area contributed by atoms with Gasteiger partial charge in [0.15, 0.2) is 0 Å². The molecule has 3 N–H and O–H groups in total. The van der Waals surface area contributed by atoms with E-state index >= 15 is 0 Å². The van der Waals surface area contributed by atoms with Gasteiger partial charge in [-0.15, -0.1) is 5.10 Å². The number of imidazole rings is 1. The monoisotopic (exact) mass is 358 g/mol. The molecule has 3 atom stereocenters. The average molecular weight is 358 g/mol. The van der Waals surface area contributed by atoms with Gasteiger partial charge in [0.05, 0.1) is 44.1 Å². The minimum absolute atomic E-state index is 0.248. The molecule has 1 aromatic carbocycles. The van der Waals surface area contributed by atoms with Gasteiger partial charge >= 0.3 is 0 Å². The standard InChI is InChI=1S/C17H19FN6O2/c18-12-3-1-2-11(6-12)13-8-24(23-22-13)9-15-17(14(25)10-26-15)21-7-16-19-4-5-20-16/h1-6,8,14-15,17,21,25H,7,9-10H2,(H,19,20)/t14-,15+,17+/m0/s1. The number of nitrogens with zero attached hydrogens (tertiary/aromatic N) is 4. The molecule has 4 rings (SSSR count). The van der Waals surface area contributed by atoms with Crippen LogP contribution in [0.2, 0.25) is 0 Å². The van der Waals surface area contributed by atoms with Gasteiger partial charge in [0.25, 0.3) is 0 Å². The predicted octanol–water partition coefficient (Wildman–Crippen LogP) is 0.725. The molecule has 0 spiro atoms. The number of aromatic amines is 1. The maximum atomic E-state index is 13.4. The van der Waals surface area contributed by atoms with E-state index in [9.17, 15) is 9.50 Å². The normalized spacial score (nSPS) is 22.8. The summed E-state index contributed by atoms with van der Waals surface area (Å²) in [6.45, 7) is 1.18. The van der Waals surface area contributed by atoms with E-state index in [1.165, 1.54) is 12.1 Å². The molecule has 0 unspecified atom stereocenters. The summed E-state index contributed by atoms with van der Waals surface area (Å²) in [5.41, 5.74) is 1.25. The number of aliphatic hydroxyl groups excluding tert-OH is 1. The zero-order valence-electron chi connectivity index (χ0n) is 13.9. The summed E-state index contributed by atoms with van der Waals surface area (Å²) >= 11 is 0. The molecule has 1 saturated heterocycles. The van der Waals surface area contributed by atoms with Crippen molar-refractivity contribution in [2.75, 3.05) is 6.61 Å². The maximum absolute atomic E-state index is 13.4. The second kappa shape index (κ2) is 7.32. The molecular weight excluding hydrogens is 339 g/mol. The minimum atomic E-state index is -0.610. The van der Waals surface area contributed by atoms with Crippen molar-refractivity contribution in [3.63, 3.8) is 0 Å². The zero-order chi connectivity index (χ0) is 17.9. The second-order valence-electron chi connectivity index (χ2n) is 6.22. The van der Waals surface area contributed by atoms with Crippen molar-refractivity contribution >= 4 is 0 Å². The van der Waals surface area contributed by atoms with Crippen molar-refractivity contribution in [3.8, 4) is 11.3 Å². The smallest absolute Gasteiger partial charge is 0.123 e. The third-order valence-corrected chi connectivity index (χ3v) is 4.38. The molecule has 0 saturated carbocycles. The van der Waals surface area contributed by atoms with Crippen molar-refractivity contribution in [2.45, 2.75) is 31.3 Å². The van der Waals surface area contributed by atoms with Gasteiger partial charge in [0, 0.05) is 18.0 Å². The summed E-state index contributed by atoms with van der Waals surface area (Å²) in [6.07, 6.45) is 4.30. The lowest BCUT2D eigenvalue weighted by atomic mass is 10.1. The Bertz CT molecular complexity index is 853. The number of benzene rings is 1. The van der Waals surface area contributed by atoms with Gasteiger partial charge < -0.3 is 20.1 Å². The zero-order valence-corrected chi connectivity index (χ0v) is 13.9. The summed E-state index contributed by atoms with van der Waals surface area (Å²) < 4.78 is 20.7. The first-order valence-corrected chi connectivity index (χ1v) is 8.36. The lowest BCUT2D eigenvalue weighted by Gasteiger charge is -2.21. The molecule has 3 aromatic rings. The van der Waals surface area contributed by atoms with Gasteiger partial charge in [0.1, 0.15) is 17.3 Å². The Labute approximate surface area is 149 Å². The average Bonchev–Trinajstić information content (AvgIpc) is 3.36. The van der Waals surface area contributed by atoms with E-state index in [1.54, 1.807) is 35.4 Å². The molecule has 0 aliphatic carbocycles. The SMILES string of the molecule is O[C@H]1CO[C@H](Cn2cc(-c3cccc(F)c3)nn2)[C@@H]1NCc1ncc[nH]1. The molecule has 1 aliphatic rings. The summed E-state index contributed by atoms with van der Waals surface area (Å²) in [7, 11) is 0. The summed E-state index contributed by atoms with van der Waals surface area (Å²) in [5, 5.41) is 21.6. The highest BCUT2D eigenvalue weighted by Crippen LogP contribution is 2.20. The first-order chi connectivity index (χ1) is 12.7. The fraction of sp³-hybridized carbons (Fsp3) is 0.353. The van der Waals surface area contributed by atoms with Crippen molar-refractivity contribution < 1.29 is 14.2 Å². The number of aromatic nitrogens is 5. The number of ether oxygens (including phenoxy) is 1. The highest BCUT2D eigenvalue weighted by molar-refractivity contribution is 5.57. The topological polar surface area (TPSA) is 101 Å². The van der Waals surface area contributed by atoms with E-state index in [-0.39, 0.29) is 24.6 Å². The maximum Gasteiger partial charge on any atom is 0.123 e. The number of H-pyrrole nitrogens is 1. The van der Waals surface area contributed by atoms with Gasteiger partial charge in [-0.1, -0.05) is 17.3 Å². The fourth-order valence-electron chi connectivity index (χ4n) is 3.07. The van der Waals surface area contributed by atoms with Gasteiger partial charge in [0.2, 0.25) is 0 Å². The lowest BCUT2D eigenvalue weighted by molar-refractivity contribution is 0.0741. The molecule has 8 nitrogen and oxygen atoms in total. The third kappa shape index (κ3) is 3.64. The van der Waals surface area contributed by atoms with Gasteiger partial charge in [-0.2, -0.15) is 0 Å². The van der Waals surface area contributed by atoms with Crippen molar-refractivity contribution in [1.82, 2.24) is 30.3 Å². The van der Waals surface area contributed by atoms with Crippen LogP contribution in [0, 0.1) is 5.82 Å². The van der Waals surface area contributed by atoms with Crippen LogP contribution in [-0.4, -0.2) is 54.9 Å². The fourth-order valence-corrected chi connectivity index (χ4v) is 3.07.